The lowest BCUT2D eigenvalue weighted by Gasteiger charge is -2.25. The van der Waals surface area contributed by atoms with Gasteiger partial charge in [0.2, 0.25) is 5.91 Å². The Morgan fingerprint density at radius 1 is 1.03 bits per heavy atom. The summed E-state index contributed by atoms with van der Waals surface area (Å²) in [5, 5.41) is 6.81. The van der Waals surface area contributed by atoms with Crippen molar-refractivity contribution in [3.63, 3.8) is 0 Å². The van der Waals surface area contributed by atoms with E-state index < -0.39 is 0 Å². The van der Waals surface area contributed by atoms with Crippen LogP contribution in [0.25, 0.3) is 10.2 Å². The second-order valence-electron chi connectivity index (χ2n) is 7.58. The molecule has 3 aromatic rings. The number of thiazole rings is 1. The van der Waals surface area contributed by atoms with Crippen molar-refractivity contribution in [2.75, 3.05) is 41.8 Å². The maximum Gasteiger partial charge on any atom is 0.255 e. The Bertz CT molecular complexity index is 1100. The standard InChI is InChI=1S/C22H22N4O3S/c27-20(14-4-5-14)23-16-3-1-2-15(12-16)21(28)24-17-6-7-18-19(13-17)30-22(25-18)26-8-10-29-11-9-26/h1-3,6-7,12-14H,4-5,8-11H2,(H,23,27)(H,24,28). The first kappa shape index (κ1) is 19.0. The maximum atomic E-state index is 12.7. The molecule has 2 heterocycles. The molecule has 2 N–H and O–H groups in total. The molecule has 7 nitrogen and oxygen atoms in total. The van der Waals surface area contributed by atoms with Crippen molar-refractivity contribution in [3.8, 4) is 0 Å². The van der Waals surface area contributed by atoms with Gasteiger partial charge in [0.25, 0.3) is 5.91 Å². The van der Waals surface area contributed by atoms with Gasteiger partial charge in [0.15, 0.2) is 5.13 Å². The van der Waals surface area contributed by atoms with Crippen LogP contribution in [0.15, 0.2) is 42.5 Å². The Hall–Kier alpha value is -2.97. The second-order valence-corrected chi connectivity index (χ2v) is 8.59. The number of ether oxygens (including phenoxy) is 1. The first-order valence-electron chi connectivity index (χ1n) is 10.1. The second kappa shape index (κ2) is 8.04. The highest BCUT2D eigenvalue weighted by Gasteiger charge is 2.29. The smallest absolute Gasteiger partial charge is 0.255 e. The lowest BCUT2D eigenvalue weighted by atomic mass is 10.1. The van der Waals surface area contributed by atoms with E-state index in [1.165, 1.54) is 0 Å². The molecule has 1 aliphatic carbocycles. The number of nitrogens with one attached hydrogen (secondary N) is 2. The number of rotatable bonds is 5. The normalized spacial score (nSPS) is 16.5. The minimum Gasteiger partial charge on any atom is -0.378 e. The zero-order valence-electron chi connectivity index (χ0n) is 16.4. The number of hydrogen-bond donors (Lipinski definition) is 2. The third-order valence-electron chi connectivity index (χ3n) is 5.26. The van der Waals surface area contributed by atoms with E-state index in [-0.39, 0.29) is 17.7 Å². The molecule has 0 unspecified atom stereocenters. The number of nitrogens with zero attached hydrogens (tertiary/aromatic N) is 2. The third kappa shape index (κ3) is 4.15. The summed E-state index contributed by atoms with van der Waals surface area (Å²) in [6, 6.07) is 12.8. The molecule has 154 valence electrons. The van der Waals surface area contributed by atoms with Crippen LogP contribution in [0.1, 0.15) is 23.2 Å². The Morgan fingerprint density at radius 2 is 1.83 bits per heavy atom. The predicted octanol–water partition coefficient (Wildman–Crippen LogP) is 3.73. The van der Waals surface area contributed by atoms with Gasteiger partial charge in [-0.1, -0.05) is 17.4 Å². The van der Waals surface area contributed by atoms with Crippen LogP contribution < -0.4 is 15.5 Å². The summed E-state index contributed by atoms with van der Waals surface area (Å²) in [6.07, 6.45) is 1.89. The molecular formula is C22H22N4O3S. The zero-order valence-corrected chi connectivity index (χ0v) is 17.2. The number of morpholine rings is 1. The van der Waals surface area contributed by atoms with Gasteiger partial charge in [-0.3, -0.25) is 9.59 Å². The molecule has 0 radical (unpaired) electrons. The van der Waals surface area contributed by atoms with Gasteiger partial charge in [-0.2, -0.15) is 0 Å². The van der Waals surface area contributed by atoms with E-state index in [1.54, 1.807) is 35.6 Å². The quantitative estimate of drug-likeness (QED) is 0.655. The van der Waals surface area contributed by atoms with Gasteiger partial charge in [-0.25, -0.2) is 4.98 Å². The van der Waals surface area contributed by atoms with Gasteiger partial charge >= 0.3 is 0 Å². The van der Waals surface area contributed by atoms with Crippen LogP contribution in [-0.4, -0.2) is 43.1 Å². The first-order valence-corrected chi connectivity index (χ1v) is 10.9. The van der Waals surface area contributed by atoms with Crippen molar-refractivity contribution in [1.82, 2.24) is 4.98 Å². The first-order chi connectivity index (χ1) is 14.7. The molecule has 0 bridgehead atoms. The van der Waals surface area contributed by atoms with Crippen LogP contribution >= 0.6 is 11.3 Å². The van der Waals surface area contributed by atoms with Gasteiger partial charge in [-0.05, 0) is 49.2 Å². The summed E-state index contributed by atoms with van der Waals surface area (Å²) >= 11 is 1.62. The van der Waals surface area contributed by atoms with Gasteiger partial charge in [0.05, 0.1) is 23.4 Å². The van der Waals surface area contributed by atoms with E-state index in [9.17, 15) is 9.59 Å². The Morgan fingerprint density at radius 3 is 2.63 bits per heavy atom. The topological polar surface area (TPSA) is 83.6 Å². The fraction of sp³-hybridized carbons (Fsp3) is 0.318. The van der Waals surface area contributed by atoms with Crippen LogP contribution in [0, 0.1) is 5.92 Å². The molecule has 2 aliphatic rings. The average molecular weight is 423 g/mol. The lowest BCUT2D eigenvalue weighted by molar-refractivity contribution is -0.117. The van der Waals surface area contributed by atoms with Crippen molar-refractivity contribution < 1.29 is 14.3 Å². The summed E-state index contributed by atoms with van der Waals surface area (Å²) in [7, 11) is 0. The van der Waals surface area contributed by atoms with E-state index >= 15 is 0 Å². The molecule has 5 rings (SSSR count). The summed E-state index contributed by atoms with van der Waals surface area (Å²) in [5.74, 6) is -0.0648. The molecule has 1 saturated heterocycles. The van der Waals surface area contributed by atoms with Gasteiger partial charge in [0, 0.05) is 35.9 Å². The SMILES string of the molecule is O=C(Nc1ccc2nc(N3CCOCC3)sc2c1)c1cccc(NC(=O)C2CC2)c1. The van der Waals surface area contributed by atoms with Crippen LogP contribution in [-0.2, 0) is 9.53 Å². The molecule has 0 spiro atoms. The minimum absolute atomic E-state index is 0.0271. The van der Waals surface area contributed by atoms with Gasteiger partial charge < -0.3 is 20.3 Å². The van der Waals surface area contributed by atoms with E-state index in [1.807, 2.05) is 18.2 Å². The van der Waals surface area contributed by atoms with Crippen molar-refractivity contribution in [2.24, 2.45) is 5.92 Å². The van der Waals surface area contributed by atoms with Crippen molar-refractivity contribution in [1.29, 1.82) is 0 Å². The number of carbonyl (C=O) groups excluding carboxylic acids is 2. The zero-order chi connectivity index (χ0) is 20.5. The van der Waals surface area contributed by atoms with Crippen LogP contribution in [0.3, 0.4) is 0 Å². The number of fused-ring (bicyclic) bond motifs is 1. The highest BCUT2D eigenvalue weighted by molar-refractivity contribution is 7.22. The Kier molecular flexibility index (Phi) is 5.10. The van der Waals surface area contributed by atoms with Crippen molar-refractivity contribution >= 4 is 49.9 Å². The summed E-state index contributed by atoms with van der Waals surface area (Å²) in [5.41, 5.74) is 2.79. The number of anilines is 3. The molecule has 2 fully saturated rings. The Labute approximate surface area is 178 Å². The molecule has 1 saturated carbocycles. The number of hydrogen-bond acceptors (Lipinski definition) is 6. The molecular weight excluding hydrogens is 400 g/mol. The Balaban J connectivity index is 1.30. The minimum atomic E-state index is -0.213. The van der Waals surface area contributed by atoms with Gasteiger partial charge in [0.1, 0.15) is 0 Å². The highest BCUT2D eigenvalue weighted by Crippen LogP contribution is 2.32. The molecule has 1 aromatic heterocycles. The molecule has 2 amide bonds. The molecule has 0 atom stereocenters. The fourth-order valence-corrected chi connectivity index (χ4v) is 4.47. The maximum absolute atomic E-state index is 12.7. The number of aromatic nitrogens is 1. The van der Waals surface area contributed by atoms with Crippen LogP contribution in [0.4, 0.5) is 16.5 Å². The molecule has 8 heteroatoms. The van der Waals surface area contributed by atoms with E-state index in [0.29, 0.717) is 11.3 Å². The number of carbonyl (C=O) groups is 2. The molecule has 30 heavy (non-hydrogen) atoms. The van der Waals surface area contributed by atoms with E-state index in [0.717, 1.165) is 60.2 Å². The number of benzene rings is 2. The lowest BCUT2D eigenvalue weighted by Crippen LogP contribution is -2.36. The summed E-state index contributed by atoms with van der Waals surface area (Å²) < 4.78 is 6.44. The van der Waals surface area contributed by atoms with Crippen molar-refractivity contribution in [3.05, 3.63) is 48.0 Å². The summed E-state index contributed by atoms with van der Waals surface area (Å²) in [4.78, 5) is 31.6. The van der Waals surface area contributed by atoms with Crippen LogP contribution in [0.5, 0.6) is 0 Å². The largest absolute Gasteiger partial charge is 0.378 e. The average Bonchev–Trinajstić information content (AvgIpc) is 3.54. The summed E-state index contributed by atoms with van der Waals surface area (Å²) in [6.45, 7) is 3.13. The predicted molar refractivity (Wildman–Crippen MR) is 118 cm³/mol. The number of amides is 2. The monoisotopic (exact) mass is 422 g/mol. The van der Waals surface area contributed by atoms with Crippen molar-refractivity contribution in [2.45, 2.75) is 12.8 Å². The van der Waals surface area contributed by atoms with E-state index in [4.69, 9.17) is 9.72 Å². The third-order valence-corrected chi connectivity index (χ3v) is 6.34. The highest BCUT2D eigenvalue weighted by atomic mass is 32.1. The van der Waals surface area contributed by atoms with E-state index in [2.05, 4.69) is 15.5 Å². The molecule has 2 aromatic carbocycles. The fourth-order valence-electron chi connectivity index (χ4n) is 3.41. The van der Waals surface area contributed by atoms with Gasteiger partial charge in [-0.15, -0.1) is 0 Å². The van der Waals surface area contributed by atoms with Crippen LogP contribution in [0.2, 0.25) is 0 Å². The molecule has 1 aliphatic heterocycles.